The summed E-state index contributed by atoms with van der Waals surface area (Å²) in [5, 5.41) is 12.9. The first-order chi connectivity index (χ1) is 8.11. The summed E-state index contributed by atoms with van der Waals surface area (Å²) >= 11 is 0. The summed E-state index contributed by atoms with van der Waals surface area (Å²) in [7, 11) is 0. The van der Waals surface area contributed by atoms with E-state index in [1.54, 1.807) is 0 Å². The highest BCUT2D eigenvalue weighted by Crippen LogP contribution is 2.13. The Morgan fingerprint density at radius 3 is 2.88 bits per heavy atom. The molecule has 0 aliphatic carbocycles. The second kappa shape index (κ2) is 7.31. The van der Waals surface area contributed by atoms with E-state index in [-0.39, 0.29) is 12.1 Å². The van der Waals surface area contributed by atoms with Gasteiger partial charge < -0.3 is 15.2 Å². The van der Waals surface area contributed by atoms with E-state index in [9.17, 15) is 5.11 Å². The first-order valence-corrected chi connectivity index (χ1v) is 6.79. The van der Waals surface area contributed by atoms with Crippen LogP contribution in [0.25, 0.3) is 0 Å². The molecular formula is C13H28N2O2. The second-order valence-electron chi connectivity index (χ2n) is 5.36. The number of ether oxygens (including phenoxy) is 1. The van der Waals surface area contributed by atoms with E-state index in [4.69, 9.17) is 4.74 Å². The second-order valence-corrected chi connectivity index (χ2v) is 5.36. The van der Waals surface area contributed by atoms with Crippen LogP contribution in [-0.4, -0.2) is 61.0 Å². The molecule has 1 rings (SSSR count). The van der Waals surface area contributed by atoms with Gasteiger partial charge in [0.25, 0.3) is 0 Å². The third-order valence-electron chi connectivity index (χ3n) is 3.61. The zero-order valence-electron chi connectivity index (χ0n) is 11.5. The van der Waals surface area contributed by atoms with Crippen molar-refractivity contribution in [1.82, 2.24) is 10.2 Å². The smallest absolute Gasteiger partial charge is 0.0619 e. The zero-order chi connectivity index (χ0) is 12.7. The van der Waals surface area contributed by atoms with Crippen LogP contribution < -0.4 is 5.32 Å². The monoisotopic (exact) mass is 244 g/mol. The molecule has 0 aromatic carbocycles. The molecule has 0 spiro atoms. The Morgan fingerprint density at radius 1 is 1.53 bits per heavy atom. The molecule has 1 aliphatic heterocycles. The van der Waals surface area contributed by atoms with Crippen molar-refractivity contribution in [3.05, 3.63) is 0 Å². The molecule has 2 atom stereocenters. The fraction of sp³-hybridized carbons (Fsp3) is 1.00. The summed E-state index contributed by atoms with van der Waals surface area (Å²) in [5.74, 6) is 0. The van der Waals surface area contributed by atoms with Crippen molar-refractivity contribution in [3.63, 3.8) is 0 Å². The summed E-state index contributed by atoms with van der Waals surface area (Å²) in [6.45, 7) is 11.3. The molecule has 1 aliphatic rings. The van der Waals surface area contributed by atoms with Crippen molar-refractivity contribution in [2.24, 2.45) is 0 Å². The molecule has 0 aromatic heterocycles. The molecule has 2 N–H and O–H groups in total. The van der Waals surface area contributed by atoms with E-state index in [0.717, 1.165) is 45.7 Å². The molecule has 0 aromatic rings. The summed E-state index contributed by atoms with van der Waals surface area (Å²) < 4.78 is 5.43. The molecule has 1 saturated heterocycles. The number of rotatable bonds is 7. The normalized spacial score (nSPS) is 25.8. The Balaban J connectivity index is 2.35. The van der Waals surface area contributed by atoms with Crippen molar-refractivity contribution in [1.29, 1.82) is 0 Å². The van der Waals surface area contributed by atoms with Crippen LogP contribution in [0.2, 0.25) is 0 Å². The van der Waals surface area contributed by atoms with Crippen molar-refractivity contribution < 1.29 is 9.84 Å². The van der Waals surface area contributed by atoms with Gasteiger partial charge in [0.15, 0.2) is 0 Å². The fourth-order valence-corrected chi connectivity index (χ4v) is 2.13. The standard InChI is InChI=1S/C13H28N2O2/c1-4-6-14-13(3,11-16)5-7-15-8-9-17-10-12(15)2/h12,14,16H,4-11H2,1-3H3. The van der Waals surface area contributed by atoms with Crippen LogP contribution in [0.3, 0.4) is 0 Å². The molecule has 0 saturated carbocycles. The topological polar surface area (TPSA) is 44.7 Å². The largest absolute Gasteiger partial charge is 0.394 e. The molecule has 17 heavy (non-hydrogen) atoms. The van der Waals surface area contributed by atoms with E-state index < -0.39 is 0 Å². The van der Waals surface area contributed by atoms with Gasteiger partial charge in [-0.3, -0.25) is 4.90 Å². The van der Waals surface area contributed by atoms with Crippen LogP contribution in [0, 0.1) is 0 Å². The Labute approximate surface area is 105 Å². The van der Waals surface area contributed by atoms with Gasteiger partial charge >= 0.3 is 0 Å². The van der Waals surface area contributed by atoms with E-state index in [0.29, 0.717) is 6.04 Å². The molecule has 1 heterocycles. The predicted molar refractivity (Wildman–Crippen MR) is 70.3 cm³/mol. The van der Waals surface area contributed by atoms with E-state index >= 15 is 0 Å². The van der Waals surface area contributed by atoms with Crippen LogP contribution in [0.5, 0.6) is 0 Å². The minimum absolute atomic E-state index is 0.145. The van der Waals surface area contributed by atoms with E-state index in [1.807, 2.05) is 0 Å². The van der Waals surface area contributed by atoms with E-state index in [1.165, 1.54) is 0 Å². The van der Waals surface area contributed by atoms with Gasteiger partial charge in [-0.05, 0) is 33.2 Å². The van der Waals surface area contributed by atoms with Crippen LogP contribution in [0.1, 0.15) is 33.6 Å². The molecule has 102 valence electrons. The Hall–Kier alpha value is -0.160. The van der Waals surface area contributed by atoms with Crippen molar-refractivity contribution >= 4 is 0 Å². The van der Waals surface area contributed by atoms with Crippen LogP contribution in [0.4, 0.5) is 0 Å². The molecule has 2 unspecified atom stereocenters. The lowest BCUT2D eigenvalue weighted by Gasteiger charge is -2.37. The van der Waals surface area contributed by atoms with Gasteiger partial charge in [0.1, 0.15) is 0 Å². The maximum absolute atomic E-state index is 9.50. The molecular weight excluding hydrogens is 216 g/mol. The number of hydrogen-bond acceptors (Lipinski definition) is 4. The predicted octanol–water partition coefficient (Wildman–Crippen LogP) is 0.848. The lowest BCUT2D eigenvalue weighted by Crippen LogP contribution is -2.51. The molecule has 0 amide bonds. The molecule has 0 radical (unpaired) electrons. The lowest BCUT2D eigenvalue weighted by atomic mass is 9.98. The Bertz CT molecular complexity index is 214. The number of aliphatic hydroxyl groups excluding tert-OH is 1. The number of nitrogens with zero attached hydrogens (tertiary/aromatic N) is 1. The first-order valence-electron chi connectivity index (χ1n) is 6.79. The van der Waals surface area contributed by atoms with Crippen molar-refractivity contribution in [2.45, 2.75) is 45.2 Å². The Kier molecular flexibility index (Phi) is 6.41. The highest BCUT2D eigenvalue weighted by atomic mass is 16.5. The maximum Gasteiger partial charge on any atom is 0.0619 e. The number of hydrogen-bond donors (Lipinski definition) is 2. The molecule has 4 nitrogen and oxygen atoms in total. The van der Waals surface area contributed by atoms with Crippen LogP contribution in [0.15, 0.2) is 0 Å². The average Bonchev–Trinajstić information content (AvgIpc) is 2.35. The van der Waals surface area contributed by atoms with Gasteiger partial charge in [-0.25, -0.2) is 0 Å². The third kappa shape index (κ3) is 4.92. The van der Waals surface area contributed by atoms with Gasteiger partial charge in [0.2, 0.25) is 0 Å². The number of aliphatic hydroxyl groups is 1. The average molecular weight is 244 g/mol. The minimum Gasteiger partial charge on any atom is -0.394 e. The lowest BCUT2D eigenvalue weighted by molar-refractivity contribution is -0.00555. The van der Waals surface area contributed by atoms with Gasteiger partial charge in [-0.1, -0.05) is 6.92 Å². The Morgan fingerprint density at radius 2 is 2.29 bits per heavy atom. The molecule has 0 bridgehead atoms. The quantitative estimate of drug-likeness (QED) is 0.697. The first kappa shape index (κ1) is 14.9. The highest BCUT2D eigenvalue weighted by Gasteiger charge is 2.25. The van der Waals surface area contributed by atoms with E-state index in [2.05, 4.69) is 31.0 Å². The minimum atomic E-state index is -0.145. The fourth-order valence-electron chi connectivity index (χ4n) is 2.13. The molecule has 4 heteroatoms. The zero-order valence-corrected chi connectivity index (χ0v) is 11.5. The van der Waals surface area contributed by atoms with Gasteiger partial charge in [0.05, 0.1) is 19.8 Å². The van der Waals surface area contributed by atoms with Crippen molar-refractivity contribution in [3.8, 4) is 0 Å². The highest BCUT2D eigenvalue weighted by molar-refractivity contribution is 4.84. The van der Waals surface area contributed by atoms with Gasteiger partial charge in [-0.15, -0.1) is 0 Å². The summed E-state index contributed by atoms with van der Waals surface area (Å²) in [5.41, 5.74) is -0.145. The van der Waals surface area contributed by atoms with Crippen LogP contribution >= 0.6 is 0 Å². The third-order valence-corrected chi connectivity index (χ3v) is 3.61. The SMILES string of the molecule is CCCNC(C)(CO)CCN1CCOCC1C. The molecule has 1 fully saturated rings. The number of nitrogens with one attached hydrogen (secondary N) is 1. The summed E-state index contributed by atoms with van der Waals surface area (Å²) in [4.78, 5) is 2.45. The summed E-state index contributed by atoms with van der Waals surface area (Å²) in [6.07, 6.45) is 2.08. The van der Waals surface area contributed by atoms with Crippen molar-refractivity contribution in [2.75, 3.05) is 39.5 Å². The van der Waals surface area contributed by atoms with Gasteiger partial charge in [-0.2, -0.15) is 0 Å². The van der Waals surface area contributed by atoms with Crippen LogP contribution in [-0.2, 0) is 4.74 Å². The maximum atomic E-state index is 9.50. The number of morpholine rings is 1. The van der Waals surface area contributed by atoms with Gasteiger partial charge in [0, 0.05) is 24.7 Å². The summed E-state index contributed by atoms with van der Waals surface area (Å²) in [6, 6.07) is 0.498.